The molecular formula is C20H36O2. The third-order valence-electron chi connectivity index (χ3n) is 7.31. The van der Waals surface area contributed by atoms with Crippen LogP contribution in [0.4, 0.5) is 0 Å². The topological polar surface area (TPSA) is 40.5 Å². The van der Waals surface area contributed by atoms with Crippen molar-refractivity contribution in [3.63, 3.8) is 0 Å². The number of aliphatic hydroxyl groups excluding tert-OH is 1. The Morgan fingerprint density at radius 2 is 1.82 bits per heavy atom. The molecule has 2 saturated carbocycles. The fourth-order valence-corrected chi connectivity index (χ4v) is 5.70. The molecule has 0 aromatic rings. The van der Waals surface area contributed by atoms with Crippen LogP contribution in [0.25, 0.3) is 0 Å². The second-order valence-corrected chi connectivity index (χ2v) is 9.17. The maximum Gasteiger partial charge on any atom is 0.0653 e. The SMILES string of the molecule is C=C[C@@H](C)CC[C@@H]1[C@@]2(C)CC[C@H](O)C(C)(C)[C@@H]2CC[C@@]1(C)O. The molecule has 0 aromatic heterocycles. The van der Waals surface area contributed by atoms with E-state index in [2.05, 4.69) is 34.3 Å². The molecule has 0 amide bonds. The minimum atomic E-state index is -0.579. The van der Waals surface area contributed by atoms with E-state index < -0.39 is 5.60 Å². The Morgan fingerprint density at radius 3 is 2.41 bits per heavy atom. The molecule has 2 N–H and O–H groups in total. The molecule has 0 radical (unpaired) electrons. The summed E-state index contributed by atoms with van der Waals surface area (Å²) in [6.45, 7) is 15.0. The Hall–Kier alpha value is -0.340. The van der Waals surface area contributed by atoms with Crippen molar-refractivity contribution in [3.8, 4) is 0 Å². The Labute approximate surface area is 137 Å². The van der Waals surface area contributed by atoms with Gasteiger partial charge in [-0.3, -0.25) is 0 Å². The second kappa shape index (κ2) is 5.94. The summed E-state index contributed by atoms with van der Waals surface area (Å²) in [6.07, 6.45) is 7.74. The lowest BCUT2D eigenvalue weighted by molar-refractivity contribution is -0.196. The summed E-state index contributed by atoms with van der Waals surface area (Å²) in [5.41, 5.74) is -0.498. The van der Waals surface area contributed by atoms with Gasteiger partial charge < -0.3 is 10.2 Å². The molecule has 6 atom stereocenters. The van der Waals surface area contributed by atoms with Crippen LogP contribution >= 0.6 is 0 Å². The van der Waals surface area contributed by atoms with Crippen molar-refractivity contribution in [2.45, 2.75) is 84.8 Å². The third-order valence-corrected chi connectivity index (χ3v) is 7.31. The Morgan fingerprint density at radius 1 is 1.18 bits per heavy atom. The minimum Gasteiger partial charge on any atom is -0.393 e. The maximum absolute atomic E-state index is 11.1. The monoisotopic (exact) mass is 308 g/mol. The molecular weight excluding hydrogens is 272 g/mol. The first-order valence-electron chi connectivity index (χ1n) is 9.08. The summed E-state index contributed by atoms with van der Waals surface area (Å²) in [6, 6.07) is 0. The largest absolute Gasteiger partial charge is 0.393 e. The average molecular weight is 309 g/mol. The highest BCUT2D eigenvalue weighted by Gasteiger charge is 2.59. The van der Waals surface area contributed by atoms with Crippen LogP contribution in [0.15, 0.2) is 12.7 Å². The van der Waals surface area contributed by atoms with Crippen molar-refractivity contribution in [3.05, 3.63) is 12.7 Å². The van der Waals surface area contributed by atoms with Gasteiger partial charge in [0.05, 0.1) is 11.7 Å². The average Bonchev–Trinajstić information content (AvgIpc) is 2.41. The molecule has 2 rings (SSSR count). The number of allylic oxidation sites excluding steroid dienone is 1. The van der Waals surface area contributed by atoms with E-state index in [4.69, 9.17) is 0 Å². The highest BCUT2D eigenvalue weighted by molar-refractivity contribution is 5.09. The van der Waals surface area contributed by atoms with Crippen LogP contribution in [0, 0.1) is 28.6 Å². The molecule has 2 aliphatic carbocycles. The lowest BCUT2D eigenvalue weighted by Gasteiger charge is -2.62. The molecule has 0 aromatic carbocycles. The van der Waals surface area contributed by atoms with Gasteiger partial charge in [-0.05, 0) is 74.0 Å². The van der Waals surface area contributed by atoms with Gasteiger partial charge in [0.15, 0.2) is 0 Å². The van der Waals surface area contributed by atoms with Crippen molar-refractivity contribution in [1.82, 2.24) is 0 Å². The first-order valence-corrected chi connectivity index (χ1v) is 9.08. The summed E-state index contributed by atoms with van der Waals surface area (Å²) >= 11 is 0. The predicted molar refractivity (Wildman–Crippen MR) is 92.6 cm³/mol. The molecule has 0 unspecified atom stereocenters. The lowest BCUT2D eigenvalue weighted by atomic mass is 9.44. The van der Waals surface area contributed by atoms with E-state index in [0.29, 0.717) is 17.8 Å². The van der Waals surface area contributed by atoms with Gasteiger partial charge in [-0.2, -0.15) is 0 Å². The summed E-state index contributed by atoms with van der Waals surface area (Å²) in [5.74, 6) is 1.31. The van der Waals surface area contributed by atoms with Crippen molar-refractivity contribution >= 4 is 0 Å². The van der Waals surface area contributed by atoms with Crippen LogP contribution in [-0.2, 0) is 0 Å². The fourth-order valence-electron chi connectivity index (χ4n) is 5.70. The normalized spacial score (nSPS) is 45.9. The van der Waals surface area contributed by atoms with Gasteiger partial charge in [0.1, 0.15) is 0 Å². The van der Waals surface area contributed by atoms with Crippen molar-refractivity contribution in [1.29, 1.82) is 0 Å². The Balaban J connectivity index is 2.29. The minimum absolute atomic E-state index is 0.0498. The third kappa shape index (κ3) is 2.89. The second-order valence-electron chi connectivity index (χ2n) is 9.17. The summed E-state index contributed by atoms with van der Waals surface area (Å²) in [4.78, 5) is 0. The summed E-state index contributed by atoms with van der Waals surface area (Å²) < 4.78 is 0. The molecule has 0 saturated heterocycles. The maximum atomic E-state index is 11.1. The van der Waals surface area contributed by atoms with Crippen LogP contribution in [0.5, 0.6) is 0 Å². The zero-order chi connectivity index (χ0) is 16.8. The number of hydrogen-bond acceptors (Lipinski definition) is 2. The van der Waals surface area contributed by atoms with Crippen LogP contribution in [0.1, 0.15) is 73.1 Å². The highest BCUT2D eigenvalue weighted by Crippen LogP contribution is 2.63. The zero-order valence-electron chi connectivity index (χ0n) is 15.2. The van der Waals surface area contributed by atoms with Crippen LogP contribution < -0.4 is 0 Å². The molecule has 2 aliphatic rings. The van der Waals surface area contributed by atoms with E-state index in [1.807, 2.05) is 13.0 Å². The van der Waals surface area contributed by atoms with E-state index in [1.165, 1.54) is 0 Å². The van der Waals surface area contributed by atoms with Gasteiger partial charge >= 0.3 is 0 Å². The fraction of sp³-hybridized carbons (Fsp3) is 0.900. The van der Waals surface area contributed by atoms with Gasteiger partial charge in [0.2, 0.25) is 0 Å². The predicted octanol–water partition coefficient (Wildman–Crippen LogP) is 4.55. The van der Waals surface area contributed by atoms with Crippen molar-refractivity contribution in [2.75, 3.05) is 0 Å². The highest BCUT2D eigenvalue weighted by atomic mass is 16.3. The first-order chi connectivity index (χ1) is 10.1. The van der Waals surface area contributed by atoms with E-state index in [0.717, 1.165) is 38.5 Å². The van der Waals surface area contributed by atoms with Gasteiger partial charge in [-0.15, -0.1) is 6.58 Å². The first kappa shape index (κ1) is 18.0. The smallest absolute Gasteiger partial charge is 0.0653 e. The molecule has 0 bridgehead atoms. The van der Waals surface area contributed by atoms with E-state index >= 15 is 0 Å². The molecule has 0 aliphatic heterocycles. The van der Waals surface area contributed by atoms with Gasteiger partial charge in [-0.25, -0.2) is 0 Å². The number of fused-ring (bicyclic) bond motifs is 1. The molecule has 2 fully saturated rings. The van der Waals surface area contributed by atoms with Gasteiger partial charge in [0, 0.05) is 0 Å². The van der Waals surface area contributed by atoms with E-state index in [-0.39, 0.29) is 16.9 Å². The molecule has 0 spiro atoms. The summed E-state index contributed by atoms with van der Waals surface area (Å²) in [5, 5.41) is 21.6. The Kier molecular flexibility index (Phi) is 4.86. The standard InChI is InChI=1S/C20H36O2/c1-7-14(2)8-9-16-19(5)12-11-17(21)18(3,4)15(19)10-13-20(16,6)22/h7,14-17,21-22H,1,8-13H2,2-6H3/t14-,15+,16-,17+,19+,20-/m1/s1. The van der Waals surface area contributed by atoms with Crippen LogP contribution in [-0.4, -0.2) is 21.9 Å². The van der Waals surface area contributed by atoms with Crippen molar-refractivity contribution in [2.24, 2.45) is 28.6 Å². The van der Waals surface area contributed by atoms with Crippen molar-refractivity contribution < 1.29 is 10.2 Å². The number of hydrogen-bond donors (Lipinski definition) is 2. The van der Waals surface area contributed by atoms with E-state index in [1.54, 1.807) is 0 Å². The zero-order valence-corrected chi connectivity index (χ0v) is 15.2. The van der Waals surface area contributed by atoms with Gasteiger partial charge in [-0.1, -0.05) is 33.8 Å². The lowest BCUT2D eigenvalue weighted by Crippen LogP contribution is -2.60. The molecule has 128 valence electrons. The molecule has 22 heavy (non-hydrogen) atoms. The molecule has 0 heterocycles. The molecule has 2 nitrogen and oxygen atoms in total. The Bertz CT molecular complexity index is 412. The quantitative estimate of drug-likeness (QED) is 0.748. The van der Waals surface area contributed by atoms with Gasteiger partial charge in [0.25, 0.3) is 0 Å². The number of rotatable bonds is 4. The van der Waals surface area contributed by atoms with Crippen LogP contribution in [0.3, 0.4) is 0 Å². The van der Waals surface area contributed by atoms with E-state index in [9.17, 15) is 10.2 Å². The molecule has 2 heteroatoms. The van der Waals surface area contributed by atoms with Crippen LogP contribution in [0.2, 0.25) is 0 Å². The summed E-state index contributed by atoms with van der Waals surface area (Å²) in [7, 11) is 0. The number of aliphatic hydroxyl groups is 2.